The topological polar surface area (TPSA) is 63.1 Å². The van der Waals surface area contributed by atoms with E-state index in [1.54, 1.807) is 0 Å². The highest BCUT2D eigenvalue weighted by atomic mass is 35.5. The van der Waals surface area contributed by atoms with Gasteiger partial charge in [0, 0.05) is 11.8 Å². The lowest BCUT2D eigenvalue weighted by atomic mass is 10.2. The Labute approximate surface area is 73.5 Å². The van der Waals surface area contributed by atoms with Crippen LogP contribution in [0.3, 0.4) is 0 Å². The minimum Gasteiger partial charge on any atom is -0.478 e. The molecular weight excluding hydrogens is 180 g/mol. The van der Waals surface area contributed by atoms with Crippen molar-refractivity contribution >= 4 is 23.1 Å². The van der Waals surface area contributed by atoms with E-state index in [0.29, 0.717) is 0 Å². The van der Waals surface area contributed by atoms with E-state index in [4.69, 9.17) is 16.7 Å². The van der Waals surface area contributed by atoms with Crippen LogP contribution in [-0.4, -0.2) is 21.0 Å². The van der Waals surface area contributed by atoms with Crippen LogP contribution in [-0.2, 0) is 4.79 Å². The summed E-state index contributed by atoms with van der Waals surface area (Å²) in [6.07, 6.45) is 2.55. The molecule has 0 spiro atoms. The van der Waals surface area contributed by atoms with Gasteiger partial charge in [0.2, 0.25) is 0 Å². The molecule has 0 aliphatic heterocycles. The van der Waals surface area contributed by atoms with E-state index in [9.17, 15) is 4.79 Å². The Balaban J connectivity index is 3.11. The molecular formula is C7H5ClN2O2. The monoisotopic (exact) mass is 184 g/mol. The van der Waals surface area contributed by atoms with E-state index >= 15 is 0 Å². The first-order valence-electron chi connectivity index (χ1n) is 3.01. The summed E-state index contributed by atoms with van der Waals surface area (Å²) in [6, 6.07) is 0. The molecule has 1 rings (SSSR count). The van der Waals surface area contributed by atoms with Crippen molar-refractivity contribution in [3.63, 3.8) is 0 Å². The Morgan fingerprint density at radius 1 is 1.67 bits per heavy atom. The molecule has 12 heavy (non-hydrogen) atoms. The molecule has 0 aromatic carbocycles. The second-order valence-electron chi connectivity index (χ2n) is 2.01. The van der Waals surface area contributed by atoms with Crippen molar-refractivity contribution in [1.82, 2.24) is 9.97 Å². The number of aromatic nitrogens is 2. The molecule has 4 nitrogen and oxygen atoms in total. The number of carboxylic acids is 1. The lowest BCUT2D eigenvalue weighted by molar-refractivity contribution is -0.130. The SMILES string of the molecule is C=C(C(=O)O)c1cncnc1Cl. The summed E-state index contributed by atoms with van der Waals surface area (Å²) in [4.78, 5) is 17.7. The molecule has 0 aliphatic rings. The van der Waals surface area contributed by atoms with Gasteiger partial charge in [0.1, 0.15) is 11.5 Å². The minimum absolute atomic E-state index is 0.0948. The average Bonchev–Trinajstić information content (AvgIpc) is 2.04. The second kappa shape index (κ2) is 3.32. The van der Waals surface area contributed by atoms with E-state index in [1.165, 1.54) is 12.5 Å². The molecule has 0 fully saturated rings. The molecule has 0 saturated carbocycles. The average molecular weight is 185 g/mol. The predicted octanol–water partition coefficient (Wildman–Crippen LogP) is 1.23. The Bertz CT molecular complexity index is 338. The molecule has 0 saturated heterocycles. The van der Waals surface area contributed by atoms with Gasteiger partial charge in [-0.3, -0.25) is 0 Å². The van der Waals surface area contributed by atoms with Gasteiger partial charge >= 0.3 is 5.97 Å². The van der Waals surface area contributed by atoms with Gasteiger partial charge in [0.15, 0.2) is 0 Å². The molecule has 1 N–H and O–H groups in total. The maximum Gasteiger partial charge on any atom is 0.335 e. The van der Waals surface area contributed by atoms with Crippen molar-refractivity contribution in [1.29, 1.82) is 0 Å². The summed E-state index contributed by atoms with van der Waals surface area (Å²) in [7, 11) is 0. The third-order valence-electron chi connectivity index (χ3n) is 1.25. The predicted molar refractivity (Wildman–Crippen MR) is 43.7 cm³/mol. The van der Waals surface area contributed by atoms with E-state index in [1.807, 2.05) is 0 Å². The zero-order valence-corrected chi connectivity index (χ0v) is 6.75. The molecule has 0 amide bonds. The third-order valence-corrected chi connectivity index (χ3v) is 1.55. The quantitative estimate of drug-likeness (QED) is 0.555. The molecule has 62 valence electrons. The lowest BCUT2D eigenvalue weighted by Crippen LogP contribution is -1.99. The normalized spacial score (nSPS) is 9.42. The minimum atomic E-state index is -1.13. The van der Waals surface area contributed by atoms with Gasteiger partial charge in [-0.1, -0.05) is 18.2 Å². The smallest absolute Gasteiger partial charge is 0.335 e. The van der Waals surface area contributed by atoms with Crippen LogP contribution < -0.4 is 0 Å². The Kier molecular flexibility index (Phi) is 2.40. The molecule has 0 atom stereocenters. The number of carboxylic acid groups (broad SMARTS) is 1. The van der Waals surface area contributed by atoms with Crippen LogP contribution >= 0.6 is 11.6 Å². The van der Waals surface area contributed by atoms with Gasteiger partial charge in [-0.05, 0) is 0 Å². The maximum absolute atomic E-state index is 10.4. The highest BCUT2D eigenvalue weighted by Gasteiger charge is 2.11. The number of nitrogens with zero attached hydrogens (tertiary/aromatic N) is 2. The largest absolute Gasteiger partial charge is 0.478 e. The summed E-state index contributed by atoms with van der Waals surface area (Å²) in [5.74, 6) is -1.13. The molecule has 0 bridgehead atoms. The summed E-state index contributed by atoms with van der Waals surface area (Å²) in [6.45, 7) is 3.32. The highest BCUT2D eigenvalue weighted by Crippen LogP contribution is 2.18. The van der Waals surface area contributed by atoms with Crippen molar-refractivity contribution < 1.29 is 9.90 Å². The number of aliphatic carboxylic acids is 1. The summed E-state index contributed by atoms with van der Waals surface area (Å²) >= 11 is 5.59. The van der Waals surface area contributed by atoms with Crippen LogP contribution in [0.25, 0.3) is 5.57 Å². The van der Waals surface area contributed by atoms with Crippen LogP contribution in [0, 0.1) is 0 Å². The van der Waals surface area contributed by atoms with Gasteiger partial charge in [-0.25, -0.2) is 14.8 Å². The standard InChI is InChI=1S/C7H5ClN2O2/c1-4(7(11)12)5-2-9-3-10-6(5)8/h2-3H,1H2,(H,11,12). The van der Waals surface area contributed by atoms with E-state index < -0.39 is 5.97 Å². The highest BCUT2D eigenvalue weighted by molar-refractivity contribution is 6.33. The fraction of sp³-hybridized carbons (Fsp3) is 0. The zero-order chi connectivity index (χ0) is 9.14. The van der Waals surface area contributed by atoms with E-state index in [0.717, 1.165) is 0 Å². The molecule has 5 heteroatoms. The number of carbonyl (C=O) groups is 1. The fourth-order valence-corrected chi connectivity index (χ4v) is 0.839. The van der Waals surface area contributed by atoms with E-state index in [2.05, 4.69) is 16.5 Å². The van der Waals surface area contributed by atoms with E-state index in [-0.39, 0.29) is 16.3 Å². The molecule has 0 radical (unpaired) electrons. The molecule has 1 aromatic rings. The molecule has 1 heterocycles. The van der Waals surface area contributed by atoms with Gasteiger partial charge < -0.3 is 5.11 Å². The lowest BCUT2D eigenvalue weighted by Gasteiger charge is -1.99. The van der Waals surface area contributed by atoms with Gasteiger partial charge in [-0.2, -0.15) is 0 Å². The number of hydrogen-bond acceptors (Lipinski definition) is 3. The van der Waals surface area contributed by atoms with Gasteiger partial charge in [-0.15, -0.1) is 0 Å². The van der Waals surface area contributed by atoms with Crippen molar-refractivity contribution in [2.45, 2.75) is 0 Å². The fourth-order valence-electron chi connectivity index (χ4n) is 0.632. The van der Waals surface area contributed by atoms with Crippen molar-refractivity contribution in [2.75, 3.05) is 0 Å². The van der Waals surface area contributed by atoms with Crippen molar-refractivity contribution in [3.8, 4) is 0 Å². The maximum atomic E-state index is 10.4. The molecule has 0 aliphatic carbocycles. The molecule has 1 aromatic heterocycles. The summed E-state index contributed by atoms with van der Waals surface area (Å²) in [5.41, 5.74) is 0.132. The van der Waals surface area contributed by atoms with Crippen LogP contribution in [0.4, 0.5) is 0 Å². The van der Waals surface area contributed by atoms with Crippen LogP contribution in [0.5, 0.6) is 0 Å². The van der Waals surface area contributed by atoms with Gasteiger partial charge in [0.25, 0.3) is 0 Å². The number of hydrogen-bond donors (Lipinski definition) is 1. The van der Waals surface area contributed by atoms with Crippen molar-refractivity contribution in [2.24, 2.45) is 0 Å². The zero-order valence-electron chi connectivity index (χ0n) is 5.99. The van der Waals surface area contributed by atoms with Crippen LogP contribution in [0.1, 0.15) is 5.56 Å². The summed E-state index contributed by atoms with van der Waals surface area (Å²) < 4.78 is 0. The first-order valence-corrected chi connectivity index (χ1v) is 3.39. The first-order chi connectivity index (χ1) is 5.63. The first kappa shape index (κ1) is 8.67. The Hall–Kier alpha value is -1.42. The second-order valence-corrected chi connectivity index (χ2v) is 2.37. The molecule has 0 unspecified atom stereocenters. The van der Waals surface area contributed by atoms with Gasteiger partial charge in [0.05, 0.1) is 5.57 Å². The Morgan fingerprint density at radius 3 is 2.83 bits per heavy atom. The number of halogens is 1. The van der Waals surface area contributed by atoms with Crippen molar-refractivity contribution in [3.05, 3.63) is 29.8 Å². The van der Waals surface area contributed by atoms with Crippen LogP contribution in [0.2, 0.25) is 5.15 Å². The Morgan fingerprint density at radius 2 is 2.33 bits per heavy atom. The third kappa shape index (κ3) is 1.60. The number of rotatable bonds is 2. The van der Waals surface area contributed by atoms with Crippen LogP contribution in [0.15, 0.2) is 19.1 Å². The summed E-state index contributed by atoms with van der Waals surface area (Å²) in [5, 5.41) is 8.64.